The van der Waals surface area contributed by atoms with Gasteiger partial charge in [0.25, 0.3) is 5.91 Å². The van der Waals surface area contributed by atoms with Gasteiger partial charge in [-0.1, -0.05) is 0 Å². The number of piperidine rings is 1. The van der Waals surface area contributed by atoms with Crippen molar-refractivity contribution < 1.29 is 4.79 Å². The number of hydrogen-bond acceptors (Lipinski definition) is 6. The SMILES string of the molecule is CN1CCc2[nH]cnc2C12CCN(C(=O)c1ccnc(-n3cnnc3)c1)CC2. The zero-order valence-electron chi connectivity index (χ0n) is 15.7. The van der Waals surface area contributed by atoms with Gasteiger partial charge in [-0.05, 0) is 32.0 Å². The average Bonchev–Trinajstić information content (AvgIpc) is 3.43. The molecule has 1 saturated heterocycles. The van der Waals surface area contributed by atoms with Crippen molar-refractivity contribution in [1.82, 2.24) is 39.5 Å². The minimum atomic E-state index is -0.0732. The Balaban J connectivity index is 1.35. The fourth-order valence-corrected chi connectivity index (χ4v) is 4.48. The average molecular weight is 378 g/mol. The maximum atomic E-state index is 13.1. The number of hydrogen-bond donors (Lipinski definition) is 1. The number of amides is 1. The third-order valence-electron chi connectivity index (χ3n) is 6.14. The summed E-state index contributed by atoms with van der Waals surface area (Å²) in [7, 11) is 2.17. The van der Waals surface area contributed by atoms with E-state index in [0.29, 0.717) is 24.5 Å². The van der Waals surface area contributed by atoms with Gasteiger partial charge in [-0.25, -0.2) is 9.97 Å². The van der Waals surface area contributed by atoms with Crippen LogP contribution in [0.3, 0.4) is 0 Å². The van der Waals surface area contributed by atoms with E-state index in [-0.39, 0.29) is 11.4 Å². The Morgan fingerprint density at radius 2 is 1.93 bits per heavy atom. The maximum absolute atomic E-state index is 13.1. The number of carbonyl (C=O) groups excluding carboxylic acids is 1. The Bertz CT molecular complexity index is 987. The zero-order chi connectivity index (χ0) is 19.1. The van der Waals surface area contributed by atoms with Gasteiger partial charge in [0.1, 0.15) is 18.5 Å². The predicted octanol–water partition coefficient (Wildman–Crippen LogP) is 1.00. The molecule has 9 heteroatoms. The molecule has 0 aromatic carbocycles. The van der Waals surface area contributed by atoms with Crippen LogP contribution in [-0.2, 0) is 12.0 Å². The third kappa shape index (κ3) is 2.62. The normalized spacial score (nSPS) is 19.0. The number of H-pyrrole nitrogens is 1. The Morgan fingerprint density at radius 3 is 2.71 bits per heavy atom. The standard InChI is InChI=1S/C19H22N8O/c1-25-7-3-15-17(22-11-21-15)19(25)4-8-26(9-5-19)18(28)14-2-6-20-16(10-14)27-12-23-24-13-27/h2,6,10-13H,3-5,7-9H2,1H3,(H,21,22). The number of fused-ring (bicyclic) bond motifs is 2. The molecular weight excluding hydrogens is 356 g/mol. The molecule has 2 aliphatic rings. The minimum Gasteiger partial charge on any atom is -0.348 e. The monoisotopic (exact) mass is 378 g/mol. The number of aromatic nitrogens is 6. The lowest BCUT2D eigenvalue weighted by molar-refractivity contribution is 0.0225. The van der Waals surface area contributed by atoms with Gasteiger partial charge >= 0.3 is 0 Å². The van der Waals surface area contributed by atoms with E-state index in [4.69, 9.17) is 0 Å². The second kappa shape index (κ2) is 6.52. The van der Waals surface area contributed by atoms with Gasteiger partial charge in [0, 0.05) is 43.5 Å². The van der Waals surface area contributed by atoms with Gasteiger partial charge in [-0.3, -0.25) is 14.3 Å². The number of aromatic amines is 1. The minimum absolute atomic E-state index is 0.0345. The van der Waals surface area contributed by atoms with Crippen molar-refractivity contribution in [1.29, 1.82) is 0 Å². The van der Waals surface area contributed by atoms with E-state index in [0.717, 1.165) is 31.5 Å². The van der Waals surface area contributed by atoms with Gasteiger partial charge in [0.2, 0.25) is 0 Å². The van der Waals surface area contributed by atoms with Gasteiger partial charge in [0.15, 0.2) is 0 Å². The molecule has 9 nitrogen and oxygen atoms in total. The molecule has 0 atom stereocenters. The highest BCUT2D eigenvalue weighted by Crippen LogP contribution is 2.41. The maximum Gasteiger partial charge on any atom is 0.254 e. The summed E-state index contributed by atoms with van der Waals surface area (Å²) >= 11 is 0. The lowest BCUT2D eigenvalue weighted by Gasteiger charge is -2.49. The van der Waals surface area contributed by atoms with Gasteiger partial charge < -0.3 is 9.88 Å². The van der Waals surface area contributed by atoms with E-state index in [1.54, 1.807) is 41.9 Å². The zero-order valence-corrected chi connectivity index (χ0v) is 15.7. The molecule has 1 spiro atoms. The molecular formula is C19H22N8O. The second-order valence-electron chi connectivity index (χ2n) is 7.50. The van der Waals surface area contributed by atoms with Crippen molar-refractivity contribution in [2.24, 2.45) is 0 Å². The largest absolute Gasteiger partial charge is 0.348 e. The van der Waals surface area contributed by atoms with Crippen molar-refractivity contribution in [3.05, 3.63) is 54.3 Å². The molecule has 0 aliphatic carbocycles. The van der Waals surface area contributed by atoms with Crippen LogP contribution in [0.2, 0.25) is 0 Å². The molecule has 1 fully saturated rings. The molecule has 5 rings (SSSR count). The van der Waals surface area contributed by atoms with E-state index in [2.05, 4.69) is 37.1 Å². The number of imidazole rings is 1. The highest BCUT2D eigenvalue weighted by molar-refractivity contribution is 5.94. The molecule has 1 N–H and O–H groups in total. The molecule has 2 aliphatic heterocycles. The summed E-state index contributed by atoms with van der Waals surface area (Å²) in [6.07, 6.45) is 9.36. The third-order valence-corrected chi connectivity index (χ3v) is 6.14. The fraction of sp³-hybridized carbons (Fsp3) is 0.421. The van der Waals surface area contributed by atoms with E-state index in [1.165, 1.54) is 5.69 Å². The number of likely N-dealkylation sites (N-methyl/N-ethyl adjacent to an activating group) is 1. The molecule has 0 saturated carbocycles. The number of rotatable bonds is 2. The summed E-state index contributed by atoms with van der Waals surface area (Å²) in [6.45, 7) is 2.43. The first kappa shape index (κ1) is 17.1. The van der Waals surface area contributed by atoms with Gasteiger partial charge in [0.05, 0.1) is 17.6 Å². The number of likely N-dealkylation sites (tertiary alicyclic amines) is 1. The Hall–Kier alpha value is -3.07. The summed E-state index contributed by atoms with van der Waals surface area (Å²) < 4.78 is 1.69. The lowest BCUT2D eigenvalue weighted by atomic mass is 9.79. The summed E-state index contributed by atoms with van der Waals surface area (Å²) in [5, 5.41) is 7.59. The van der Waals surface area contributed by atoms with Crippen molar-refractivity contribution in [3.63, 3.8) is 0 Å². The van der Waals surface area contributed by atoms with Crippen LogP contribution in [0.15, 0.2) is 37.3 Å². The first-order valence-electron chi connectivity index (χ1n) is 9.52. The summed E-state index contributed by atoms with van der Waals surface area (Å²) in [6, 6.07) is 3.55. The summed E-state index contributed by atoms with van der Waals surface area (Å²) in [4.78, 5) is 29.7. The van der Waals surface area contributed by atoms with Crippen molar-refractivity contribution in [2.75, 3.05) is 26.7 Å². The first-order chi connectivity index (χ1) is 13.7. The molecule has 144 valence electrons. The highest BCUT2D eigenvalue weighted by atomic mass is 16.2. The molecule has 28 heavy (non-hydrogen) atoms. The van der Waals surface area contributed by atoms with Crippen LogP contribution in [0.1, 0.15) is 34.6 Å². The summed E-state index contributed by atoms with van der Waals surface area (Å²) in [5.41, 5.74) is 2.96. The smallest absolute Gasteiger partial charge is 0.254 e. The molecule has 1 amide bonds. The fourth-order valence-electron chi connectivity index (χ4n) is 4.48. The van der Waals surface area contributed by atoms with E-state index >= 15 is 0 Å². The lowest BCUT2D eigenvalue weighted by Crippen LogP contribution is -2.55. The van der Waals surface area contributed by atoms with E-state index < -0.39 is 0 Å². The molecule has 0 unspecified atom stereocenters. The number of nitrogens with zero attached hydrogens (tertiary/aromatic N) is 7. The number of nitrogens with one attached hydrogen (secondary N) is 1. The van der Waals surface area contributed by atoms with Crippen LogP contribution in [0.4, 0.5) is 0 Å². The molecule has 3 aromatic heterocycles. The topological polar surface area (TPSA) is 95.8 Å². The Morgan fingerprint density at radius 1 is 1.14 bits per heavy atom. The predicted molar refractivity (Wildman–Crippen MR) is 101 cm³/mol. The van der Waals surface area contributed by atoms with Crippen LogP contribution < -0.4 is 0 Å². The number of carbonyl (C=O) groups is 1. The van der Waals surface area contributed by atoms with Crippen LogP contribution in [0.25, 0.3) is 5.82 Å². The van der Waals surface area contributed by atoms with Crippen LogP contribution >= 0.6 is 0 Å². The first-order valence-corrected chi connectivity index (χ1v) is 9.52. The van der Waals surface area contributed by atoms with Crippen molar-refractivity contribution in [3.8, 4) is 5.82 Å². The second-order valence-corrected chi connectivity index (χ2v) is 7.50. The van der Waals surface area contributed by atoms with Gasteiger partial charge in [-0.15, -0.1) is 10.2 Å². The van der Waals surface area contributed by atoms with Gasteiger partial charge in [-0.2, -0.15) is 0 Å². The van der Waals surface area contributed by atoms with Crippen molar-refractivity contribution >= 4 is 5.91 Å². The molecule has 3 aromatic rings. The summed E-state index contributed by atoms with van der Waals surface area (Å²) in [5.74, 6) is 0.671. The molecule has 5 heterocycles. The quantitative estimate of drug-likeness (QED) is 0.715. The molecule has 0 radical (unpaired) electrons. The Kier molecular flexibility index (Phi) is 3.97. The molecule has 0 bridgehead atoms. The number of pyridine rings is 1. The highest BCUT2D eigenvalue weighted by Gasteiger charge is 2.45. The Labute approximate surface area is 162 Å². The van der Waals surface area contributed by atoms with Crippen LogP contribution in [0.5, 0.6) is 0 Å². The van der Waals surface area contributed by atoms with Crippen molar-refractivity contribution in [2.45, 2.75) is 24.8 Å². The van der Waals surface area contributed by atoms with E-state index in [9.17, 15) is 4.79 Å². The van der Waals surface area contributed by atoms with Crippen LogP contribution in [0, 0.1) is 0 Å². The van der Waals surface area contributed by atoms with Crippen LogP contribution in [-0.4, -0.2) is 72.1 Å². The van der Waals surface area contributed by atoms with E-state index in [1.807, 2.05) is 4.90 Å².